The fourth-order valence-electron chi connectivity index (χ4n) is 2.27. The Morgan fingerprint density at radius 3 is 2.38 bits per heavy atom. The summed E-state index contributed by atoms with van der Waals surface area (Å²) < 4.78 is 78.8. The number of hydrogen-bond acceptors (Lipinski definition) is 5. The molecule has 29 heavy (non-hydrogen) atoms. The summed E-state index contributed by atoms with van der Waals surface area (Å²) in [5, 5.41) is 0.958. The molecule has 1 heterocycles. The van der Waals surface area contributed by atoms with Gasteiger partial charge in [0.25, 0.3) is 5.91 Å². The van der Waals surface area contributed by atoms with Gasteiger partial charge in [0.1, 0.15) is 6.04 Å². The number of halogens is 5. The molecule has 0 aliphatic carbocycles. The molecule has 1 aromatic rings. The Bertz CT molecular complexity index is 965. The highest BCUT2D eigenvalue weighted by molar-refractivity contribution is 7.87. The first-order valence-corrected chi connectivity index (χ1v) is 9.41. The largest absolute Gasteiger partial charge is 0.409 e. The summed E-state index contributed by atoms with van der Waals surface area (Å²) in [5.41, 5.74) is -1.89. The van der Waals surface area contributed by atoms with Crippen LogP contribution in [0.3, 0.4) is 0 Å². The zero-order chi connectivity index (χ0) is 22.3. The van der Waals surface area contributed by atoms with Crippen LogP contribution >= 0.6 is 11.6 Å². The van der Waals surface area contributed by atoms with E-state index in [1.807, 2.05) is 0 Å². The lowest BCUT2D eigenvalue weighted by molar-refractivity contribution is -0.160. The van der Waals surface area contributed by atoms with Crippen molar-refractivity contribution in [2.24, 2.45) is 0 Å². The van der Waals surface area contributed by atoms with Gasteiger partial charge < -0.3 is 5.32 Å². The van der Waals surface area contributed by atoms with E-state index in [0.717, 1.165) is 26.2 Å². The Morgan fingerprint density at radius 2 is 1.90 bits per heavy atom. The number of anilines is 1. The Hall–Kier alpha value is -2.45. The zero-order valence-corrected chi connectivity index (χ0v) is 16.2. The highest BCUT2D eigenvalue weighted by Crippen LogP contribution is 2.32. The second-order valence-electron chi connectivity index (χ2n) is 5.95. The molecule has 0 bridgehead atoms. The van der Waals surface area contributed by atoms with Crippen molar-refractivity contribution in [3.8, 4) is 0 Å². The highest BCUT2D eigenvalue weighted by atomic mass is 35.5. The smallest absolute Gasteiger partial charge is 0.325 e. The topological polar surface area (TPSA) is 116 Å². The Morgan fingerprint density at radius 1 is 1.31 bits per heavy atom. The summed E-state index contributed by atoms with van der Waals surface area (Å²) in [6.07, 6.45) is -6.10. The van der Waals surface area contributed by atoms with Crippen LogP contribution in [0.4, 0.5) is 28.0 Å². The standard InChI is InChI=1S/C14H13ClF4N4O5S/c1-22(2)29(27,28)21-12(25)10-6(15)3-4-7(11(10)16)23-9(24)5-8(14(17,18)19)20-13(23)26/h3-4,8H,5H2,1-2H3,(H,20,26)(H,21,25). The molecule has 2 rings (SSSR count). The van der Waals surface area contributed by atoms with Crippen LogP contribution in [0.5, 0.6) is 0 Å². The van der Waals surface area contributed by atoms with Gasteiger partial charge >= 0.3 is 22.4 Å². The maximum absolute atomic E-state index is 14.9. The second-order valence-corrected chi connectivity index (χ2v) is 8.24. The third kappa shape index (κ3) is 4.59. The second kappa shape index (κ2) is 7.76. The average molecular weight is 461 g/mol. The molecular formula is C14H13ClF4N4O5S. The lowest BCUT2D eigenvalue weighted by Crippen LogP contribution is -2.59. The molecule has 15 heteroatoms. The van der Waals surface area contributed by atoms with Crippen LogP contribution < -0.4 is 14.9 Å². The van der Waals surface area contributed by atoms with Crippen LogP contribution in [0, 0.1) is 5.82 Å². The first-order chi connectivity index (χ1) is 13.2. The van der Waals surface area contributed by atoms with Crippen LogP contribution in [-0.4, -0.2) is 56.9 Å². The van der Waals surface area contributed by atoms with Gasteiger partial charge in [-0.15, -0.1) is 0 Å². The lowest BCUT2D eigenvalue weighted by Gasteiger charge is -2.32. The molecule has 160 valence electrons. The number of carbonyl (C=O) groups is 3. The van der Waals surface area contributed by atoms with E-state index in [9.17, 15) is 40.4 Å². The van der Waals surface area contributed by atoms with Crippen LogP contribution in [0.1, 0.15) is 16.8 Å². The number of rotatable bonds is 4. The summed E-state index contributed by atoms with van der Waals surface area (Å²) in [6, 6.07) is -2.35. The van der Waals surface area contributed by atoms with Crippen molar-refractivity contribution in [2.45, 2.75) is 18.6 Å². The van der Waals surface area contributed by atoms with Crippen molar-refractivity contribution in [2.75, 3.05) is 19.0 Å². The molecule has 0 saturated carbocycles. The van der Waals surface area contributed by atoms with E-state index in [1.165, 1.54) is 10.0 Å². The van der Waals surface area contributed by atoms with E-state index < -0.39 is 68.8 Å². The molecule has 0 spiro atoms. The molecule has 0 aromatic heterocycles. The van der Waals surface area contributed by atoms with Gasteiger partial charge in [0.15, 0.2) is 5.82 Å². The van der Waals surface area contributed by atoms with Crippen LogP contribution in [0.25, 0.3) is 0 Å². The SMILES string of the molecule is CN(C)S(=O)(=O)NC(=O)c1c(Cl)ccc(N2C(=O)CC(C(F)(F)F)NC2=O)c1F. The van der Waals surface area contributed by atoms with Gasteiger partial charge in [-0.2, -0.15) is 25.9 Å². The summed E-state index contributed by atoms with van der Waals surface area (Å²) in [4.78, 5) is 36.3. The molecule has 1 fully saturated rings. The summed E-state index contributed by atoms with van der Waals surface area (Å²) >= 11 is 5.74. The zero-order valence-electron chi connectivity index (χ0n) is 14.7. The van der Waals surface area contributed by atoms with Gasteiger partial charge in [-0.3, -0.25) is 9.59 Å². The van der Waals surface area contributed by atoms with Crippen LogP contribution in [-0.2, 0) is 15.0 Å². The van der Waals surface area contributed by atoms with E-state index in [1.54, 1.807) is 0 Å². The molecule has 9 nitrogen and oxygen atoms in total. The summed E-state index contributed by atoms with van der Waals surface area (Å²) in [5.74, 6) is -4.47. The number of imide groups is 1. The first-order valence-electron chi connectivity index (χ1n) is 7.59. The van der Waals surface area contributed by atoms with E-state index in [2.05, 4.69) is 0 Å². The quantitative estimate of drug-likeness (QED) is 0.659. The van der Waals surface area contributed by atoms with Crippen molar-refractivity contribution in [1.29, 1.82) is 0 Å². The number of urea groups is 1. The minimum atomic E-state index is -4.90. The Balaban J connectivity index is 2.44. The Kier molecular flexibility index (Phi) is 6.11. The van der Waals surface area contributed by atoms with Gasteiger partial charge in [0, 0.05) is 14.1 Å². The highest BCUT2D eigenvalue weighted by Gasteiger charge is 2.48. The van der Waals surface area contributed by atoms with Gasteiger partial charge in [-0.1, -0.05) is 11.6 Å². The van der Waals surface area contributed by atoms with Crippen molar-refractivity contribution in [3.05, 3.63) is 28.5 Å². The molecule has 1 atom stereocenters. The molecule has 0 radical (unpaired) electrons. The predicted molar refractivity (Wildman–Crippen MR) is 92.0 cm³/mol. The van der Waals surface area contributed by atoms with Gasteiger partial charge in [0.2, 0.25) is 5.91 Å². The number of nitrogens with zero attached hydrogens (tertiary/aromatic N) is 2. The van der Waals surface area contributed by atoms with Gasteiger partial charge in [-0.05, 0) is 12.1 Å². The van der Waals surface area contributed by atoms with E-state index in [-0.39, 0.29) is 4.90 Å². The van der Waals surface area contributed by atoms with Crippen molar-refractivity contribution >= 4 is 45.3 Å². The lowest BCUT2D eigenvalue weighted by atomic mass is 10.1. The molecule has 4 amide bonds. The molecule has 1 saturated heterocycles. The molecule has 1 aliphatic heterocycles. The minimum absolute atomic E-state index is 0.0745. The first kappa shape index (κ1) is 22.8. The minimum Gasteiger partial charge on any atom is -0.325 e. The maximum atomic E-state index is 14.9. The number of benzene rings is 1. The normalized spacial score (nSPS) is 18.1. The molecule has 1 unspecified atom stereocenters. The van der Waals surface area contributed by atoms with Crippen molar-refractivity contribution in [1.82, 2.24) is 14.3 Å². The molecular weight excluding hydrogens is 448 g/mol. The van der Waals surface area contributed by atoms with Crippen molar-refractivity contribution < 1.29 is 40.4 Å². The predicted octanol–water partition coefficient (Wildman–Crippen LogP) is 1.39. The van der Waals surface area contributed by atoms with Gasteiger partial charge in [0.05, 0.1) is 22.7 Å². The fraction of sp³-hybridized carbons (Fsp3) is 0.357. The molecule has 1 aromatic carbocycles. The third-order valence-electron chi connectivity index (χ3n) is 3.77. The van der Waals surface area contributed by atoms with E-state index in [4.69, 9.17) is 11.6 Å². The van der Waals surface area contributed by atoms with Crippen LogP contribution in [0.2, 0.25) is 5.02 Å². The molecule has 1 aliphatic rings. The van der Waals surface area contributed by atoms with E-state index >= 15 is 0 Å². The number of amides is 4. The number of nitrogens with one attached hydrogen (secondary N) is 2. The average Bonchev–Trinajstić information content (AvgIpc) is 2.54. The molecule has 2 N–H and O–H groups in total. The third-order valence-corrected chi connectivity index (χ3v) is 5.48. The number of hydrogen-bond donors (Lipinski definition) is 2. The van der Waals surface area contributed by atoms with Gasteiger partial charge in [-0.25, -0.2) is 18.8 Å². The fourth-order valence-corrected chi connectivity index (χ4v) is 3.02. The number of carbonyl (C=O) groups excluding carboxylic acids is 3. The van der Waals surface area contributed by atoms with Crippen LogP contribution in [0.15, 0.2) is 12.1 Å². The summed E-state index contributed by atoms with van der Waals surface area (Å²) in [7, 11) is -2.18. The Labute approximate surface area is 166 Å². The maximum Gasteiger partial charge on any atom is 0.409 e. The van der Waals surface area contributed by atoms with Crippen molar-refractivity contribution in [3.63, 3.8) is 0 Å². The summed E-state index contributed by atoms with van der Waals surface area (Å²) in [6.45, 7) is 0. The monoisotopic (exact) mass is 460 g/mol. The van der Waals surface area contributed by atoms with E-state index in [0.29, 0.717) is 4.31 Å². The number of alkyl halides is 3.